The summed E-state index contributed by atoms with van der Waals surface area (Å²) in [6.45, 7) is 5.51. The Hall–Kier alpha value is -1.43. The number of carbonyl (C=O) groups is 3. The molecule has 6 heteroatoms. The first-order chi connectivity index (χ1) is 8.34. The van der Waals surface area contributed by atoms with Gasteiger partial charge >= 0.3 is 6.03 Å². The first-order valence-corrected chi connectivity index (χ1v) is 6.14. The molecule has 2 fully saturated rings. The fraction of sp³-hybridized carbons (Fsp3) is 0.750. The fourth-order valence-corrected chi connectivity index (χ4v) is 2.34. The average molecular weight is 254 g/mol. The van der Waals surface area contributed by atoms with Gasteiger partial charge in [0.2, 0.25) is 11.8 Å². The maximum absolute atomic E-state index is 12.3. The third kappa shape index (κ3) is 2.01. The van der Waals surface area contributed by atoms with E-state index in [-0.39, 0.29) is 12.1 Å². The quantitative estimate of drug-likeness (QED) is 0.697. The SMILES string of the molecule is CC1CC(N2C(=O)NC(=O)C(C)(C)C2=O)CCO1. The van der Waals surface area contributed by atoms with E-state index in [1.54, 1.807) is 0 Å². The van der Waals surface area contributed by atoms with Crippen LogP contribution in [-0.4, -0.2) is 41.5 Å². The van der Waals surface area contributed by atoms with Gasteiger partial charge < -0.3 is 4.74 Å². The second-order valence-electron chi connectivity index (χ2n) is 5.42. The summed E-state index contributed by atoms with van der Waals surface area (Å²) in [6, 6.07) is -0.794. The normalized spacial score (nSPS) is 32.4. The molecule has 2 atom stereocenters. The summed E-state index contributed by atoms with van der Waals surface area (Å²) >= 11 is 0. The molecule has 2 heterocycles. The predicted octanol–water partition coefficient (Wildman–Crippen LogP) is 0.658. The Bertz CT molecular complexity index is 405. The summed E-state index contributed by atoms with van der Waals surface area (Å²) in [5.74, 6) is -0.954. The van der Waals surface area contributed by atoms with Crippen molar-refractivity contribution in [1.29, 1.82) is 0 Å². The van der Waals surface area contributed by atoms with E-state index in [0.29, 0.717) is 19.4 Å². The van der Waals surface area contributed by atoms with E-state index in [1.165, 1.54) is 18.7 Å². The van der Waals surface area contributed by atoms with E-state index in [9.17, 15) is 14.4 Å². The lowest BCUT2D eigenvalue weighted by molar-refractivity contribution is -0.152. The van der Waals surface area contributed by atoms with Crippen LogP contribution in [0.2, 0.25) is 0 Å². The second kappa shape index (κ2) is 4.35. The number of rotatable bonds is 1. The number of barbiturate groups is 1. The summed E-state index contributed by atoms with van der Waals surface area (Å²) in [5, 5.41) is 2.25. The number of nitrogens with zero attached hydrogens (tertiary/aromatic N) is 1. The van der Waals surface area contributed by atoms with Crippen molar-refractivity contribution >= 4 is 17.8 Å². The van der Waals surface area contributed by atoms with Gasteiger partial charge in [0, 0.05) is 12.6 Å². The molecule has 0 aliphatic carbocycles. The van der Waals surface area contributed by atoms with Crippen LogP contribution in [0.25, 0.3) is 0 Å². The maximum Gasteiger partial charge on any atom is 0.331 e. The van der Waals surface area contributed by atoms with E-state index >= 15 is 0 Å². The first-order valence-electron chi connectivity index (χ1n) is 6.14. The van der Waals surface area contributed by atoms with Gasteiger partial charge in [-0.25, -0.2) is 4.79 Å². The molecular weight excluding hydrogens is 236 g/mol. The van der Waals surface area contributed by atoms with E-state index in [1.807, 2.05) is 6.92 Å². The minimum atomic E-state index is -1.19. The lowest BCUT2D eigenvalue weighted by Gasteiger charge is -2.41. The maximum atomic E-state index is 12.3. The molecule has 0 aromatic carbocycles. The highest BCUT2D eigenvalue weighted by Gasteiger charge is 2.49. The molecule has 100 valence electrons. The summed E-state index contributed by atoms with van der Waals surface area (Å²) in [5.41, 5.74) is -1.19. The molecule has 0 aromatic heterocycles. The Labute approximate surface area is 106 Å². The van der Waals surface area contributed by atoms with Crippen molar-refractivity contribution in [3.63, 3.8) is 0 Å². The Morgan fingerprint density at radius 1 is 1.33 bits per heavy atom. The molecule has 2 aliphatic rings. The molecule has 18 heavy (non-hydrogen) atoms. The second-order valence-corrected chi connectivity index (χ2v) is 5.42. The Kier molecular flexibility index (Phi) is 3.14. The van der Waals surface area contributed by atoms with Crippen molar-refractivity contribution < 1.29 is 19.1 Å². The molecule has 0 saturated carbocycles. The average Bonchev–Trinajstić information content (AvgIpc) is 2.27. The zero-order valence-corrected chi connectivity index (χ0v) is 10.9. The summed E-state index contributed by atoms with van der Waals surface area (Å²) < 4.78 is 5.41. The summed E-state index contributed by atoms with van der Waals surface area (Å²) in [6.07, 6.45) is 1.25. The number of urea groups is 1. The molecule has 0 bridgehead atoms. The van der Waals surface area contributed by atoms with Gasteiger partial charge in [-0.2, -0.15) is 0 Å². The predicted molar refractivity (Wildman–Crippen MR) is 62.6 cm³/mol. The third-order valence-corrected chi connectivity index (χ3v) is 3.58. The van der Waals surface area contributed by atoms with Crippen LogP contribution >= 0.6 is 0 Å². The van der Waals surface area contributed by atoms with Crippen molar-refractivity contribution in [2.45, 2.75) is 45.8 Å². The lowest BCUT2D eigenvalue weighted by atomic mass is 9.87. The number of carbonyl (C=O) groups excluding carboxylic acids is 3. The van der Waals surface area contributed by atoms with Crippen LogP contribution in [0.1, 0.15) is 33.6 Å². The molecule has 2 rings (SSSR count). The Morgan fingerprint density at radius 3 is 2.61 bits per heavy atom. The molecule has 4 amide bonds. The summed E-state index contributed by atoms with van der Waals surface area (Å²) in [7, 11) is 0. The largest absolute Gasteiger partial charge is 0.378 e. The van der Waals surface area contributed by atoms with Crippen LogP contribution in [0, 0.1) is 5.41 Å². The van der Waals surface area contributed by atoms with E-state index in [4.69, 9.17) is 4.74 Å². The fourth-order valence-electron chi connectivity index (χ4n) is 2.34. The van der Waals surface area contributed by atoms with E-state index in [2.05, 4.69) is 5.32 Å². The van der Waals surface area contributed by atoms with Gasteiger partial charge in [-0.1, -0.05) is 0 Å². The van der Waals surface area contributed by atoms with Gasteiger partial charge in [0.05, 0.1) is 6.10 Å². The van der Waals surface area contributed by atoms with Crippen molar-refractivity contribution in [2.24, 2.45) is 5.41 Å². The highest BCUT2D eigenvalue weighted by Crippen LogP contribution is 2.28. The topological polar surface area (TPSA) is 75.7 Å². The Balaban J connectivity index is 2.23. The van der Waals surface area contributed by atoms with Gasteiger partial charge in [-0.15, -0.1) is 0 Å². The van der Waals surface area contributed by atoms with Gasteiger partial charge in [-0.05, 0) is 33.6 Å². The van der Waals surface area contributed by atoms with Crippen LogP contribution < -0.4 is 5.32 Å². The zero-order valence-electron chi connectivity index (χ0n) is 10.9. The molecule has 1 N–H and O–H groups in total. The first kappa shape index (κ1) is 13.0. The minimum Gasteiger partial charge on any atom is -0.378 e. The summed E-state index contributed by atoms with van der Waals surface area (Å²) in [4.78, 5) is 36.9. The number of nitrogens with one attached hydrogen (secondary N) is 1. The smallest absolute Gasteiger partial charge is 0.331 e. The minimum absolute atomic E-state index is 0.0186. The number of ether oxygens (including phenoxy) is 1. The molecule has 0 spiro atoms. The third-order valence-electron chi connectivity index (χ3n) is 3.58. The number of hydrogen-bond acceptors (Lipinski definition) is 4. The van der Waals surface area contributed by atoms with Crippen LogP contribution in [0.15, 0.2) is 0 Å². The van der Waals surface area contributed by atoms with Crippen LogP contribution in [0.3, 0.4) is 0 Å². The van der Waals surface area contributed by atoms with Crippen LogP contribution in [0.5, 0.6) is 0 Å². The number of amides is 4. The zero-order chi connectivity index (χ0) is 13.5. The van der Waals surface area contributed by atoms with Crippen molar-refractivity contribution in [1.82, 2.24) is 10.2 Å². The molecule has 2 saturated heterocycles. The van der Waals surface area contributed by atoms with Gasteiger partial charge in [0.25, 0.3) is 0 Å². The van der Waals surface area contributed by atoms with E-state index in [0.717, 1.165) is 0 Å². The van der Waals surface area contributed by atoms with Gasteiger partial charge in [0.15, 0.2) is 0 Å². The standard InChI is InChI=1S/C12H18N2O4/c1-7-6-8(4-5-18-7)14-10(16)12(2,3)9(15)13-11(14)17/h7-8H,4-6H2,1-3H3,(H,13,15,17). The Morgan fingerprint density at radius 2 is 2.00 bits per heavy atom. The van der Waals surface area contributed by atoms with Gasteiger partial charge in [0.1, 0.15) is 5.41 Å². The van der Waals surface area contributed by atoms with Crippen LogP contribution in [-0.2, 0) is 14.3 Å². The molecule has 2 aliphatic heterocycles. The molecule has 2 unspecified atom stereocenters. The molecule has 0 radical (unpaired) electrons. The number of hydrogen-bond donors (Lipinski definition) is 1. The van der Waals surface area contributed by atoms with Crippen molar-refractivity contribution in [3.8, 4) is 0 Å². The van der Waals surface area contributed by atoms with Crippen LogP contribution in [0.4, 0.5) is 4.79 Å². The monoisotopic (exact) mass is 254 g/mol. The highest BCUT2D eigenvalue weighted by molar-refractivity contribution is 6.18. The van der Waals surface area contributed by atoms with Crippen molar-refractivity contribution in [2.75, 3.05) is 6.61 Å². The highest BCUT2D eigenvalue weighted by atomic mass is 16.5. The number of imide groups is 2. The van der Waals surface area contributed by atoms with E-state index < -0.39 is 23.3 Å². The van der Waals surface area contributed by atoms with Crippen molar-refractivity contribution in [3.05, 3.63) is 0 Å². The van der Waals surface area contributed by atoms with Gasteiger partial charge in [-0.3, -0.25) is 19.8 Å². The molecule has 6 nitrogen and oxygen atoms in total. The lowest BCUT2D eigenvalue weighted by Crippen LogP contribution is -2.65. The molecule has 0 aromatic rings. The molecular formula is C12H18N2O4.